The summed E-state index contributed by atoms with van der Waals surface area (Å²) in [5.74, 6) is 0. The molecule has 1 unspecified atom stereocenters. The Kier molecular flexibility index (Phi) is 3.74. The first kappa shape index (κ1) is 12.2. The molecule has 0 amide bonds. The van der Waals surface area contributed by atoms with Gasteiger partial charge in [0.2, 0.25) is 0 Å². The van der Waals surface area contributed by atoms with Crippen molar-refractivity contribution in [3.63, 3.8) is 0 Å². The molecule has 1 nitrogen and oxygen atoms in total. The smallest absolute Gasteiger partial charge is 0.186 e. The first-order valence-corrected chi connectivity index (χ1v) is 8.33. The predicted octanol–water partition coefficient (Wildman–Crippen LogP) is 4.28. The molecule has 14 heavy (non-hydrogen) atoms. The van der Waals surface area contributed by atoms with Crippen molar-refractivity contribution >= 4 is 32.9 Å². The average Bonchev–Trinajstić information content (AvgIpc) is 2.16. The van der Waals surface area contributed by atoms with Gasteiger partial charge < -0.3 is 4.57 Å². The molecule has 0 aliphatic heterocycles. The minimum Gasteiger partial charge on any atom is -0.305 e. The normalized spacial score (nSPS) is 16.3. The van der Waals surface area contributed by atoms with Crippen LogP contribution in [0.5, 0.6) is 0 Å². The highest BCUT2D eigenvalue weighted by molar-refractivity contribution is 8.71. The van der Waals surface area contributed by atoms with Gasteiger partial charge in [0.25, 0.3) is 0 Å². The van der Waals surface area contributed by atoms with E-state index in [0.717, 1.165) is 15.9 Å². The van der Waals surface area contributed by atoms with E-state index in [1.807, 2.05) is 51.1 Å². The van der Waals surface area contributed by atoms with E-state index < -0.39 is 6.34 Å². The minimum atomic E-state index is -2.55. The lowest BCUT2D eigenvalue weighted by Gasteiger charge is -2.28. The molecule has 0 radical (unpaired) electrons. The van der Waals surface area contributed by atoms with Gasteiger partial charge in [-0.1, -0.05) is 51.1 Å². The van der Waals surface area contributed by atoms with Crippen LogP contribution in [0, 0.1) is 0 Å². The Hall–Kier alpha value is 0.0900. The van der Waals surface area contributed by atoms with Crippen molar-refractivity contribution in [2.75, 3.05) is 0 Å². The van der Waals surface area contributed by atoms with Crippen LogP contribution in [0.2, 0.25) is 0 Å². The fourth-order valence-electron chi connectivity index (χ4n) is 1.15. The molecule has 0 N–H and O–H groups in total. The Balaban J connectivity index is 3.23. The fraction of sp³-hybridized carbons (Fsp3) is 0.400. The molecule has 4 heteroatoms. The summed E-state index contributed by atoms with van der Waals surface area (Å²) in [6.45, 7) is 5.86. The van der Waals surface area contributed by atoms with E-state index in [4.69, 9.17) is 10.7 Å². The molecular formula is C10H14ClOPS. The van der Waals surface area contributed by atoms with Crippen LogP contribution >= 0.6 is 27.6 Å². The first-order chi connectivity index (χ1) is 6.42. The number of rotatable bonds is 2. The second kappa shape index (κ2) is 4.30. The van der Waals surface area contributed by atoms with Crippen LogP contribution in [-0.4, -0.2) is 5.16 Å². The van der Waals surface area contributed by atoms with Crippen LogP contribution in [0.15, 0.2) is 30.3 Å². The Bertz CT molecular complexity index is 345. The van der Waals surface area contributed by atoms with Crippen molar-refractivity contribution in [1.82, 2.24) is 0 Å². The molecule has 0 heterocycles. The second-order valence-corrected chi connectivity index (χ2v) is 10.4. The Morgan fingerprint density at radius 2 is 1.71 bits per heavy atom. The van der Waals surface area contributed by atoms with E-state index in [0.29, 0.717) is 0 Å². The number of benzene rings is 1. The van der Waals surface area contributed by atoms with Gasteiger partial charge >= 0.3 is 0 Å². The highest BCUT2D eigenvalue weighted by Gasteiger charge is 2.38. The molecule has 0 aliphatic carbocycles. The van der Waals surface area contributed by atoms with Gasteiger partial charge in [0.15, 0.2) is 6.34 Å². The van der Waals surface area contributed by atoms with Gasteiger partial charge in [0.05, 0.1) is 0 Å². The lowest BCUT2D eigenvalue weighted by atomic mass is 10.3. The molecule has 0 fully saturated rings. The summed E-state index contributed by atoms with van der Waals surface area (Å²) in [5.41, 5.74) is 0. The highest BCUT2D eigenvalue weighted by atomic mass is 35.7. The summed E-state index contributed by atoms with van der Waals surface area (Å²) >= 11 is 0. The third-order valence-corrected chi connectivity index (χ3v) is 9.62. The van der Waals surface area contributed by atoms with Crippen molar-refractivity contribution in [3.05, 3.63) is 30.3 Å². The zero-order chi connectivity index (χ0) is 10.8. The van der Waals surface area contributed by atoms with Gasteiger partial charge in [-0.2, -0.15) is 0 Å². The van der Waals surface area contributed by atoms with Gasteiger partial charge in [-0.3, -0.25) is 0 Å². The van der Waals surface area contributed by atoms with E-state index in [1.165, 1.54) is 0 Å². The highest BCUT2D eigenvalue weighted by Crippen LogP contribution is 2.68. The molecule has 1 rings (SSSR count). The predicted molar refractivity (Wildman–Crippen MR) is 66.9 cm³/mol. The molecule has 78 valence electrons. The van der Waals surface area contributed by atoms with Crippen LogP contribution in [-0.2, 0) is 4.57 Å². The van der Waals surface area contributed by atoms with Crippen LogP contribution in [0.3, 0.4) is 0 Å². The maximum Gasteiger partial charge on any atom is 0.186 e. The number of halogens is 1. The maximum absolute atomic E-state index is 12.6. The second-order valence-electron chi connectivity index (χ2n) is 4.13. The monoisotopic (exact) mass is 248 g/mol. The van der Waals surface area contributed by atoms with Crippen molar-refractivity contribution in [2.24, 2.45) is 0 Å². The van der Waals surface area contributed by atoms with Crippen molar-refractivity contribution < 1.29 is 4.57 Å². The zero-order valence-corrected chi connectivity index (χ0v) is 11.0. The maximum atomic E-state index is 12.6. The van der Waals surface area contributed by atoms with Crippen LogP contribution in [0.1, 0.15) is 20.8 Å². The number of hydrogen-bond acceptors (Lipinski definition) is 2. The van der Waals surface area contributed by atoms with E-state index in [9.17, 15) is 4.57 Å². The number of hydrogen-bond donors (Lipinski definition) is 0. The summed E-state index contributed by atoms with van der Waals surface area (Å²) in [7, 11) is 6.74. The van der Waals surface area contributed by atoms with Crippen LogP contribution in [0.4, 0.5) is 0 Å². The molecule has 0 aromatic heterocycles. The Labute approximate surface area is 93.9 Å². The van der Waals surface area contributed by atoms with E-state index in [-0.39, 0.29) is 5.16 Å². The average molecular weight is 249 g/mol. The quantitative estimate of drug-likeness (QED) is 0.727. The summed E-state index contributed by atoms with van der Waals surface area (Å²) < 4.78 is 12.6. The van der Waals surface area contributed by atoms with Crippen LogP contribution in [0.25, 0.3) is 0 Å². The molecule has 1 aromatic rings. The Morgan fingerprint density at radius 1 is 1.21 bits per heavy atom. The van der Waals surface area contributed by atoms with E-state index in [1.54, 1.807) is 0 Å². The topological polar surface area (TPSA) is 17.1 Å². The fourth-order valence-corrected chi connectivity index (χ4v) is 6.59. The molecule has 0 saturated carbocycles. The standard InChI is InChI=1S/C10H14ClOPS/c1-10(2,3)13(12,14-11)9-7-5-4-6-8-9/h4-8H,1-3H3. The van der Waals surface area contributed by atoms with Crippen LogP contribution < -0.4 is 5.30 Å². The van der Waals surface area contributed by atoms with Gasteiger partial charge in [0.1, 0.15) is 0 Å². The van der Waals surface area contributed by atoms with E-state index >= 15 is 0 Å². The van der Waals surface area contributed by atoms with Crippen molar-refractivity contribution in [1.29, 1.82) is 0 Å². The summed E-state index contributed by atoms with van der Waals surface area (Å²) in [4.78, 5) is 0. The zero-order valence-electron chi connectivity index (χ0n) is 8.53. The first-order valence-electron chi connectivity index (χ1n) is 4.38. The van der Waals surface area contributed by atoms with Gasteiger partial charge in [-0.05, 0) is 10.7 Å². The van der Waals surface area contributed by atoms with E-state index in [2.05, 4.69) is 0 Å². The molecule has 1 aromatic carbocycles. The van der Waals surface area contributed by atoms with Gasteiger partial charge in [-0.15, -0.1) is 0 Å². The lowest BCUT2D eigenvalue weighted by Crippen LogP contribution is -2.20. The largest absolute Gasteiger partial charge is 0.305 e. The summed E-state index contributed by atoms with van der Waals surface area (Å²) in [6, 6.07) is 9.44. The van der Waals surface area contributed by atoms with Crippen molar-refractivity contribution in [3.8, 4) is 0 Å². The SMILES string of the molecule is CC(C)(C)P(=O)(SCl)c1ccccc1. The molecule has 0 aliphatic rings. The molecule has 1 atom stereocenters. The molecule has 0 bridgehead atoms. The minimum absolute atomic E-state index is 0.305. The summed E-state index contributed by atoms with van der Waals surface area (Å²) in [6.07, 6.45) is -2.55. The van der Waals surface area contributed by atoms with Gasteiger partial charge in [0, 0.05) is 21.1 Å². The van der Waals surface area contributed by atoms with Crippen molar-refractivity contribution in [2.45, 2.75) is 25.9 Å². The Morgan fingerprint density at radius 3 is 2.07 bits per heavy atom. The molecule has 0 saturated heterocycles. The molecular weight excluding hydrogens is 235 g/mol. The third kappa shape index (κ3) is 2.18. The lowest BCUT2D eigenvalue weighted by molar-refractivity contribution is 0.568. The third-order valence-electron chi connectivity index (χ3n) is 2.08. The summed E-state index contributed by atoms with van der Waals surface area (Å²) in [5, 5.41) is 0.535. The van der Waals surface area contributed by atoms with Gasteiger partial charge in [-0.25, -0.2) is 0 Å². The molecule has 0 spiro atoms.